The van der Waals surface area contributed by atoms with Crippen molar-refractivity contribution in [2.75, 3.05) is 13.1 Å². The van der Waals surface area contributed by atoms with E-state index in [1.807, 2.05) is 35.7 Å². The van der Waals surface area contributed by atoms with Crippen LogP contribution in [0.15, 0.2) is 41.8 Å². The lowest BCUT2D eigenvalue weighted by molar-refractivity contribution is -0.122. The number of para-hydroxylation sites is 1. The van der Waals surface area contributed by atoms with Crippen molar-refractivity contribution in [2.24, 2.45) is 0 Å². The fourth-order valence-corrected chi connectivity index (χ4v) is 3.97. The molecule has 0 aliphatic rings. The minimum Gasteiger partial charge on any atom is -0.350 e. The Hall–Kier alpha value is -1.76. The summed E-state index contributed by atoms with van der Waals surface area (Å²) in [5.74, 6) is 0.0568. The Morgan fingerprint density at radius 1 is 1.26 bits per heavy atom. The zero-order valence-corrected chi connectivity index (χ0v) is 14.6. The van der Waals surface area contributed by atoms with Crippen LogP contribution >= 0.6 is 22.7 Å². The van der Waals surface area contributed by atoms with Crippen LogP contribution in [0, 0.1) is 0 Å². The van der Waals surface area contributed by atoms with Crippen LogP contribution in [-0.2, 0) is 17.9 Å². The first-order valence-electron chi connectivity index (χ1n) is 7.60. The number of hydrogen-bond acceptors (Lipinski definition) is 5. The molecule has 0 aliphatic carbocycles. The van der Waals surface area contributed by atoms with Gasteiger partial charge in [-0.2, -0.15) is 0 Å². The van der Waals surface area contributed by atoms with Crippen molar-refractivity contribution in [3.63, 3.8) is 0 Å². The third kappa shape index (κ3) is 4.37. The normalized spacial score (nSPS) is 11.2. The van der Waals surface area contributed by atoms with Gasteiger partial charge in [0.25, 0.3) is 0 Å². The van der Waals surface area contributed by atoms with Crippen molar-refractivity contribution in [2.45, 2.75) is 20.0 Å². The van der Waals surface area contributed by atoms with E-state index in [9.17, 15) is 4.79 Å². The molecule has 2 aromatic heterocycles. The third-order valence-electron chi connectivity index (χ3n) is 3.55. The fourth-order valence-electron chi connectivity index (χ4n) is 2.32. The van der Waals surface area contributed by atoms with Crippen LogP contribution in [-0.4, -0.2) is 28.9 Å². The molecule has 0 unspecified atom stereocenters. The Kier molecular flexibility index (Phi) is 5.38. The van der Waals surface area contributed by atoms with Gasteiger partial charge in [-0.15, -0.1) is 22.7 Å². The van der Waals surface area contributed by atoms with Crippen molar-refractivity contribution in [1.29, 1.82) is 0 Å². The van der Waals surface area contributed by atoms with Gasteiger partial charge in [-0.05, 0) is 30.1 Å². The minimum atomic E-state index is 0.0568. The Morgan fingerprint density at radius 3 is 2.87 bits per heavy atom. The molecule has 3 aromatic rings. The monoisotopic (exact) mass is 345 g/mol. The molecule has 0 saturated heterocycles. The number of nitrogens with one attached hydrogen (secondary N) is 1. The van der Waals surface area contributed by atoms with Crippen LogP contribution in [0.4, 0.5) is 0 Å². The molecule has 0 aliphatic heterocycles. The largest absolute Gasteiger partial charge is 0.350 e. The average Bonchev–Trinajstić information content (AvgIpc) is 3.21. The van der Waals surface area contributed by atoms with Gasteiger partial charge in [-0.3, -0.25) is 9.69 Å². The maximum Gasteiger partial charge on any atom is 0.234 e. The number of carbonyl (C=O) groups is 1. The fraction of sp³-hybridized carbons (Fsp3) is 0.294. The number of benzene rings is 1. The number of likely N-dealkylation sites (N-methyl/N-ethyl adjacent to an activating group) is 1. The second kappa shape index (κ2) is 7.68. The molecule has 2 heterocycles. The molecule has 23 heavy (non-hydrogen) atoms. The summed E-state index contributed by atoms with van der Waals surface area (Å²) in [5.41, 5.74) is 1.03. The Morgan fingerprint density at radius 2 is 2.13 bits per heavy atom. The highest BCUT2D eigenvalue weighted by molar-refractivity contribution is 7.18. The molecule has 6 heteroatoms. The quantitative estimate of drug-likeness (QED) is 0.713. The van der Waals surface area contributed by atoms with Crippen LogP contribution in [0.2, 0.25) is 0 Å². The number of fused-ring (bicyclic) bond motifs is 1. The lowest BCUT2D eigenvalue weighted by Crippen LogP contribution is -2.36. The van der Waals surface area contributed by atoms with Gasteiger partial charge >= 0.3 is 0 Å². The van der Waals surface area contributed by atoms with E-state index in [0.717, 1.165) is 17.1 Å². The molecule has 0 fully saturated rings. The molecule has 120 valence electrons. The molecule has 0 spiro atoms. The summed E-state index contributed by atoms with van der Waals surface area (Å²) in [4.78, 5) is 20.0. The van der Waals surface area contributed by atoms with Gasteiger partial charge in [-0.25, -0.2) is 4.98 Å². The number of amides is 1. The van der Waals surface area contributed by atoms with Crippen molar-refractivity contribution in [3.8, 4) is 0 Å². The molecular weight excluding hydrogens is 326 g/mol. The SMILES string of the molecule is CCN(CC(=O)NCc1cccs1)Cc1nc2ccccc2s1. The maximum atomic E-state index is 12.1. The van der Waals surface area contributed by atoms with Crippen molar-refractivity contribution >= 4 is 38.8 Å². The molecule has 1 N–H and O–H groups in total. The predicted octanol–water partition coefficient (Wildman–Crippen LogP) is 3.50. The van der Waals surface area contributed by atoms with Crippen LogP contribution in [0.25, 0.3) is 10.2 Å². The number of hydrogen-bond donors (Lipinski definition) is 1. The Balaban J connectivity index is 1.55. The molecule has 0 radical (unpaired) electrons. The molecule has 1 amide bonds. The average molecular weight is 345 g/mol. The second-order valence-corrected chi connectivity index (χ2v) is 7.38. The van der Waals surface area contributed by atoms with E-state index in [2.05, 4.69) is 28.2 Å². The highest BCUT2D eigenvalue weighted by Crippen LogP contribution is 2.22. The second-order valence-electron chi connectivity index (χ2n) is 5.23. The summed E-state index contributed by atoms with van der Waals surface area (Å²) in [5, 5.41) is 6.05. The van der Waals surface area contributed by atoms with E-state index in [0.29, 0.717) is 19.6 Å². The molecule has 0 bridgehead atoms. The van der Waals surface area contributed by atoms with Crippen LogP contribution in [0.3, 0.4) is 0 Å². The Bertz CT molecular complexity index is 734. The minimum absolute atomic E-state index is 0.0568. The van der Waals surface area contributed by atoms with Crippen molar-refractivity contribution in [3.05, 3.63) is 51.7 Å². The van der Waals surface area contributed by atoms with Gasteiger partial charge < -0.3 is 5.32 Å². The zero-order valence-electron chi connectivity index (χ0n) is 13.0. The van der Waals surface area contributed by atoms with E-state index in [1.54, 1.807) is 22.7 Å². The summed E-state index contributed by atoms with van der Waals surface area (Å²) in [6.45, 7) is 4.61. The van der Waals surface area contributed by atoms with Gasteiger partial charge in [-0.1, -0.05) is 25.1 Å². The molecule has 3 rings (SSSR count). The molecular formula is C17H19N3OS2. The van der Waals surface area contributed by atoms with E-state index in [1.165, 1.54) is 9.58 Å². The van der Waals surface area contributed by atoms with Gasteiger partial charge in [0, 0.05) is 4.88 Å². The number of nitrogens with zero attached hydrogens (tertiary/aromatic N) is 2. The lowest BCUT2D eigenvalue weighted by Gasteiger charge is -2.18. The standard InChI is InChI=1S/C17H19N3OS2/c1-2-20(11-16(21)18-10-13-6-5-9-22-13)12-17-19-14-7-3-4-8-15(14)23-17/h3-9H,2,10-12H2,1H3,(H,18,21). The number of carbonyl (C=O) groups excluding carboxylic acids is 1. The first-order chi connectivity index (χ1) is 11.2. The predicted molar refractivity (Wildman–Crippen MR) is 96.7 cm³/mol. The van der Waals surface area contributed by atoms with Crippen LogP contribution in [0.5, 0.6) is 0 Å². The van der Waals surface area contributed by atoms with Crippen LogP contribution in [0.1, 0.15) is 16.8 Å². The number of thiophene rings is 1. The summed E-state index contributed by atoms with van der Waals surface area (Å²) < 4.78 is 1.20. The molecule has 4 nitrogen and oxygen atoms in total. The highest BCUT2D eigenvalue weighted by atomic mass is 32.1. The van der Waals surface area contributed by atoms with Crippen LogP contribution < -0.4 is 5.32 Å². The third-order valence-corrected chi connectivity index (χ3v) is 5.45. The zero-order chi connectivity index (χ0) is 16.1. The van der Waals surface area contributed by atoms with E-state index in [4.69, 9.17) is 0 Å². The Labute approximate surface area is 143 Å². The maximum absolute atomic E-state index is 12.1. The number of rotatable bonds is 7. The van der Waals surface area contributed by atoms with E-state index in [-0.39, 0.29) is 5.91 Å². The summed E-state index contributed by atoms with van der Waals surface area (Å²) >= 11 is 3.35. The summed E-state index contributed by atoms with van der Waals surface area (Å²) in [6.07, 6.45) is 0. The van der Waals surface area contributed by atoms with Gasteiger partial charge in [0.05, 0.1) is 29.9 Å². The topological polar surface area (TPSA) is 45.2 Å². The van der Waals surface area contributed by atoms with Crippen molar-refractivity contribution in [1.82, 2.24) is 15.2 Å². The summed E-state index contributed by atoms with van der Waals surface area (Å²) in [7, 11) is 0. The van der Waals surface area contributed by atoms with Gasteiger partial charge in [0.1, 0.15) is 5.01 Å². The highest BCUT2D eigenvalue weighted by Gasteiger charge is 2.12. The summed E-state index contributed by atoms with van der Waals surface area (Å²) in [6, 6.07) is 12.2. The van der Waals surface area contributed by atoms with E-state index >= 15 is 0 Å². The molecule has 0 atom stereocenters. The smallest absolute Gasteiger partial charge is 0.234 e. The lowest BCUT2D eigenvalue weighted by atomic mass is 10.3. The number of aromatic nitrogens is 1. The van der Waals surface area contributed by atoms with Crippen molar-refractivity contribution < 1.29 is 4.79 Å². The first kappa shape index (κ1) is 16.1. The molecule has 1 aromatic carbocycles. The van der Waals surface area contributed by atoms with Gasteiger partial charge in [0.15, 0.2) is 0 Å². The molecule has 0 saturated carbocycles. The van der Waals surface area contributed by atoms with Gasteiger partial charge in [0.2, 0.25) is 5.91 Å². The number of thiazole rings is 1. The van der Waals surface area contributed by atoms with E-state index < -0.39 is 0 Å². The first-order valence-corrected chi connectivity index (χ1v) is 9.30.